The van der Waals surface area contributed by atoms with Gasteiger partial charge in [0.25, 0.3) is 0 Å². The van der Waals surface area contributed by atoms with Crippen molar-refractivity contribution >= 4 is 28.4 Å². The number of carbonyl (C=O) groups excluding carboxylic acids is 1. The highest BCUT2D eigenvalue weighted by molar-refractivity contribution is 6.01. The van der Waals surface area contributed by atoms with Gasteiger partial charge < -0.3 is 20.4 Å². The van der Waals surface area contributed by atoms with Crippen LogP contribution in [0.4, 0.5) is 16.3 Å². The number of aryl methyl sites for hydroxylation is 1. The summed E-state index contributed by atoms with van der Waals surface area (Å²) in [6, 6.07) is 11.5. The number of hydrogen-bond donors (Lipinski definition) is 2. The van der Waals surface area contributed by atoms with Crippen LogP contribution >= 0.6 is 0 Å². The van der Waals surface area contributed by atoms with Gasteiger partial charge in [0.1, 0.15) is 5.82 Å². The Labute approximate surface area is 177 Å². The molecule has 0 atom stereocenters. The smallest absolute Gasteiger partial charge is 0.319 e. The van der Waals surface area contributed by atoms with E-state index in [-0.39, 0.29) is 6.03 Å². The highest BCUT2D eigenvalue weighted by atomic mass is 16.2. The van der Waals surface area contributed by atoms with Crippen molar-refractivity contribution in [1.82, 2.24) is 20.2 Å². The van der Waals surface area contributed by atoms with Gasteiger partial charge >= 0.3 is 6.03 Å². The summed E-state index contributed by atoms with van der Waals surface area (Å²) in [5.41, 5.74) is 3.70. The van der Waals surface area contributed by atoms with Crippen molar-refractivity contribution in [3.05, 3.63) is 59.9 Å². The van der Waals surface area contributed by atoms with Gasteiger partial charge in [-0.3, -0.25) is 4.98 Å². The fourth-order valence-electron chi connectivity index (χ4n) is 3.76. The first-order valence-corrected chi connectivity index (χ1v) is 10.4. The zero-order valence-corrected chi connectivity index (χ0v) is 17.6. The molecule has 0 aliphatic carbocycles. The molecule has 0 spiro atoms. The number of likely N-dealkylation sites (N-methyl/N-ethyl adjacent to an activating group) is 1. The second-order valence-corrected chi connectivity index (χ2v) is 7.81. The second kappa shape index (κ2) is 9.09. The Morgan fingerprint density at radius 3 is 2.80 bits per heavy atom. The Kier molecular flexibility index (Phi) is 6.09. The third-order valence-corrected chi connectivity index (χ3v) is 5.53. The van der Waals surface area contributed by atoms with Crippen molar-refractivity contribution in [1.29, 1.82) is 0 Å². The molecule has 1 fully saturated rings. The summed E-state index contributed by atoms with van der Waals surface area (Å²) in [4.78, 5) is 26.1. The molecule has 2 N–H and O–H groups in total. The van der Waals surface area contributed by atoms with Gasteiger partial charge in [0.15, 0.2) is 0 Å². The van der Waals surface area contributed by atoms with E-state index >= 15 is 0 Å². The Morgan fingerprint density at radius 2 is 1.97 bits per heavy atom. The Hall–Kier alpha value is -3.19. The predicted octanol–water partition coefficient (Wildman–Crippen LogP) is 3.40. The van der Waals surface area contributed by atoms with Gasteiger partial charge in [-0.2, -0.15) is 0 Å². The molecule has 2 amide bonds. The summed E-state index contributed by atoms with van der Waals surface area (Å²) < 4.78 is 0. The molecule has 0 unspecified atom stereocenters. The quantitative estimate of drug-likeness (QED) is 0.697. The first-order valence-electron chi connectivity index (χ1n) is 10.4. The molecular formula is C23H28N6O. The van der Waals surface area contributed by atoms with Crippen LogP contribution in [0.2, 0.25) is 0 Å². The number of carbonyl (C=O) groups is 1. The minimum Gasteiger partial charge on any atom is -0.355 e. The third kappa shape index (κ3) is 4.68. The van der Waals surface area contributed by atoms with E-state index in [9.17, 15) is 4.79 Å². The van der Waals surface area contributed by atoms with Gasteiger partial charge in [-0.25, -0.2) is 9.78 Å². The van der Waals surface area contributed by atoms with Crippen LogP contribution in [0.1, 0.15) is 17.5 Å². The van der Waals surface area contributed by atoms with E-state index in [1.807, 2.05) is 49.5 Å². The van der Waals surface area contributed by atoms with E-state index < -0.39 is 0 Å². The number of nitrogens with one attached hydrogen (secondary N) is 2. The first kappa shape index (κ1) is 20.1. The molecule has 7 heteroatoms. The van der Waals surface area contributed by atoms with Gasteiger partial charge in [-0.1, -0.05) is 12.1 Å². The number of pyridine rings is 2. The van der Waals surface area contributed by atoms with Crippen molar-refractivity contribution in [3.63, 3.8) is 0 Å². The minimum absolute atomic E-state index is 0.247. The topological polar surface area (TPSA) is 73.4 Å². The Balaban J connectivity index is 1.35. The third-order valence-electron chi connectivity index (χ3n) is 5.53. The minimum atomic E-state index is -0.247. The maximum Gasteiger partial charge on any atom is 0.319 e. The van der Waals surface area contributed by atoms with Gasteiger partial charge in [0.2, 0.25) is 0 Å². The summed E-state index contributed by atoms with van der Waals surface area (Å²) >= 11 is 0. The number of amides is 2. The first-order chi connectivity index (χ1) is 14.6. The summed E-state index contributed by atoms with van der Waals surface area (Å²) in [7, 11) is 2.16. The number of urea groups is 1. The number of hydrogen-bond acceptors (Lipinski definition) is 5. The largest absolute Gasteiger partial charge is 0.355 e. The number of rotatable bonds is 4. The molecule has 156 valence electrons. The molecule has 0 saturated carbocycles. The average Bonchev–Trinajstić information content (AvgIpc) is 2.99. The summed E-state index contributed by atoms with van der Waals surface area (Å²) in [6.07, 6.45) is 4.75. The number of fused-ring (bicyclic) bond motifs is 1. The van der Waals surface area contributed by atoms with Crippen LogP contribution in [0.25, 0.3) is 10.9 Å². The molecule has 0 radical (unpaired) electrons. The van der Waals surface area contributed by atoms with E-state index in [2.05, 4.69) is 37.4 Å². The molecular weight excluding hydrogens is 376 g/mol. The number of nitrogens with zero attached hydrogens (tertiary/aromatic N) is 4. The van der Waals surface area contributed by atoms with Crippen LogP contribution in [0.5, 0.6) is 0 Å². The average molecular weight is 405 g/mol. The highest BCUT2D eigenvalue weighted by Gasteiger charge is 2.13. The van der Waals surface area contributed by atoms with Crippen molar-refractivity contribution < 1.29 is 4.79 Å². The number of aromatic nitrogens is 2. The lowest BCUT2D eigenvalue weighted by molar-refractivity contribution is 0.252. The SMILES string of the molecule is Cc1ccc(NC(=O)NCc2ccc(N3CCCN(C)CC3)nc2)c2cccnc12. The van der Waals surface area contributed by atoms with Crippen LogP contribution < -0.4 is 15.5 Å². The van der Waals surface area contributed by atoms with E-state index in [1.165, 1.54) is 0 Å². The van der Waals surface area contributed by atoms with Crippen LogP contribution in [-0.2, 0) is 6.54 Å². The van der Waals surface area contributed by atoms with E-state index in [0.29, 0.717) is 6.54 Å². The molecule has 1 aliphatic heterocycles. The zero-order valence-electron chi connectivity index (χ0n) is 17.6. The summed E-state index contributed by atoms with van der Waals surface area (Å²) in [6.45, 7) is 6.62. The van der Waals surface area contributed by atoms with Gasteiger partial charge in [0.05, 0.1) is 11.2 Å². The van der Waals surface area contributed by atoms with E-state index in [4.69, 9.17) is 0 Å². The Bertz CT molecular complexity index is 1020. The molecule has 7 nitrogen and oxygen atoms in total. The van der Waals surface area contributed by atoms with Crippen molar-refractivity contribution in [2.24, 2.45) is 0 Å². The maximum absolute atomic E-state index is 12.4. The van der Waals surface area contributed by atoms with Gasteiger partial charge in [-0.15, -0.1) is 0 Å². The molecule has 1 saturated heterocycles. The van der Waals surface area contributed by atoms with Gasteiger partial charge in [0, 0.05) is 44.0 Å². The standard InChI is InChI=1S/C23H28N6O/c1-17-6-8-20(19-5-3-10-24-22(17)19)27-23(30)26-16-18-7-9-21(25-15-18)29-12-4-11-28(2)13-14-29/h3,5-10,15H,4,11-14,16H2,1-2H3,(H2,26,27,30). The molecule has 1 aromatic carbocycles. The maximum atomic E-state index is 12.4. The summed E-state index contributed by atoms with van der Waals surface area (Å²) in [5.74, 6) is 0.997. The van der Waals surface area contributed by atoms with Gasteiger partial charge in [-0.05, 0) is 62.3 Å². The molecule has 2 aromatic heterocycles. The fourth-order valence-corrected chi connectivity index (χ4v) is 3.76. The fraction of sp³-hybridized carbons (Fsp3) is 0.348. The lowest BCUT2D eigenvalue weighted by atomic mass is 10.1. The second-order valence-electron chi connectivity index (χ2n) is 7.81. The number of benzene rings is 1. The monoisotopic (exact) mass is 404 g/mol. The zero-order chi connectivity index (χ0) is 20.9. The van der Waals surface area contributed by atoms with Crippen molar-refractivity contribution in [2.45, 2.75) is 19.9 Å². The van der Waals surface area contributed by atoms with Crippen LogP contribution in [0, 0.1) is 6.92 Å². The van der Waals surface area contributed by atoms with E-state index in [1.54, 1.807) is 6.20 Å². The van der Waals surface area contributed by atoms with Crippen LogP contribution in [0.15, 0.2) is 48.8 Å². The highest BCUT2D eigenvalue weighted by Crippen LogP contribution is 2.24. The molecule has 3 aromatic rings. The van der Waals surface area contributed by atoms with Crippen molar-refractivity contribution in [2.75, 3.05) is 43.4 Å². The lowest BCUT2D eigenvalue weighted by Crippen LogP contribution is -2.30. The predicted molar refractivity (Wildman–Crippen MR) is 121 cm³/mol. The van der Waals surface area contributed by atoms with Crippen LogP contribution in [0.3, 0.4) is 0 Å². The molecule has 30 heavy (non-hydrogen) atoms. The molecule has 3 heterocycles. The lowest BCUT2D eigenvalue weighted by Gasteiger charge is -2.21. The normalized spacial score (nSPS) is 15.1. The molecule has 1 aliphatic rings. The number of anilines is 2. The van der Waals surface area contributed by atoms with Crippen LogP contribution in [-0.4, -0.2) is 54.1 Å². The van der Waals surface area contributed by atoms with E-state index in [0.717, 1.165) is 66.1 Å². The Morgan fingerprint density at radius 1 is 1.07 bits per heavy atom. The molecule has 0 bridgehead atoms. The molecule has 4 rings (SSSR count). The van der Waals surface area contributed by atoms with Crippen molar-refractivity contribution in [3.8, 4) is 0 Å². The summed E-state index contributed by atoms with van der Waals surface area (Å²) in [5, 5.41) is 6.78.